The Balaban J connectivity index is 2.22. The first-order chi connectivity index (χ1) is 12.7. The Morgan fingerprint density at radius 3 is 2.48 bits per heavy atom. The smallest absolute Gasteiger partial charge is 0.478 e. The van der Waals surface area contributed by atoms with Crippen molar-refractivity contribution in [2.45, 2.75) is 27.7 Å². The van der Waals surface area contributed by atoms with E-state index in [0.29, 0.717) is 45.1 Å². The van der Waals surface area contributed by atoms with Crippen LogP contribution >= 0.6 is 0 Å². The minimum Gasteiger partial charge on any atom is -0.478 e. The van der Waals surface area contributed by atoms with Crippen molar-refractivity contribution >= 4 is 24.2 Å². The Labute approximate surface area is 155 Å². The lowest BCUT2D eigenvalue weighted by Gasteiger charge is -2.34. The van der Waals surface area contributed by atoms with E-state index in [4.69, 9.17) is 0 Å². The molecular weight excluding hydrogens is 349 g/mol. The lowest BCUT2D eigenvalue weighted by Crippen LogP contribution is -2.51. The van der Waals surface area contributed by atoms with E-state index in [1.165, 1.54) is 6.07 Å². The van der Waals surface area contributed by atoms with Crippen molar-refractivity contribution in [1.82, 2.24) is 4.48 Å². The number of carboxylic acid groups (broad SMARTS) is 1. The standard InChI is InChI=1S/C20H19BF2N2O2/c1-11-9-13(3)24-18(11)17(15-7-5-6-8-16(15)20(26)27)19-12(2)10-14(4)25(19)21(24,22)23/h5-10H,1-4H3,(H,26,27). The number of hydrogen-bond acceptors (Lipinski definition) is 1. The summed E-state index contributed by atoms with van der Waals surface area (Å²) in [7, 11) is 0. The van der Waals surface area contributed by atoms with Crippen LogP contribution in [-0.2, 0) is 0 Å². The first-order valence-electron chi connectivity index (χ1n) is 8.76. The summed E-state index contributed by atoms with van der Waals surface area (Å²) in [4.78, 5) is 11.8. The molecule has 2 aliphatic heterocycles. The predicted molar refractivity (Wildman–Crippen MR) is 101 cm³/mol. The fraction of sp³-hybridized carbons (Fsp3) is 0.200. The maximum atomic E-state index is 15.5. The molecule has 0 aliphatic carbocycles. The number of rotatable bonds is 2. The molecule has 0 unspecified atom stereocenters. The average Bonchev–Trinajstić information content (AvgIpc) is 3.05. The molecule has 138 valence electrons. The van der Waals surface area contributed by atoms with Crippen molar-refractivity contribution in [3.8, 4) is 0 Å². The monoisotopic (exact) mass is 368 g/mol. The highest BCUT2D eigenvalue weighted by Gasteiger charge is 2.55. The highest BCUT2D eigenvalue weighted by molar-refractivity contribution is 6.58. The lowest BCUT2D eigenvalue weighted by molar-refractivity contribution is -0.363. The van der Waals surface area contributed by atoms with Gasteiger partial charge in [0.1, 0.15) is 5.71 Å². The number of fused-ring (bicyclic) bond motifs is 2. The van der Waals surface area contributed by atoms with E-state index in [-0.39, 0.29) is 5.56 Å². The van der Waals surface area contributed by atoms with Crippen LogP contribution in [0, 0.1) is 13.8 Å². The van der Waals surface area contributed by atoms with Crippen LogP contribution in [0.25, 0.3) is 5.57 Å². The third-order valence-electron chi connectivity index (χ3n) is 5.36. The fourth-order valence-electron chi connectivity index (χ4n) is 4.44. The minimum absolute atomic E-state index is 0.0971. The summed E-state index contributed by atoms with van der Waals surface area (Å²) in [6.07, 6.45) is 1.73. The van der Waals surface area contributed by atoms with Gasteiger partial charge in [0.15, 0.2) is 5.70 Å². The molecule has 4 rings (SSSR count). The van der Waals surface area contributed by atoms with E-state index in [2.05, 4.69) is 0 Å². The van der Waals surface area contributed by atoms with Gasteiger partial charge < -0.3 is 22.7 Å². The van der Waals surface area contributed by atoms with Crippen LogP contribution in [0.5, 0.6) is 0 Å². The van der Waals surface area contributed by atoms with E-state index < -0.39 is 12.9 Å². The van der Waals surface area contributed by atoms with E-state index >= 15 is 8.63 Å². The van der Waals surface area contributed by atoms with Gasteiger partial charge in [0.25, 0.3) is 0 Å². The van der Waals surface area contributed by atoms with Gasteiger partial charge in [-0.05, 0) is 44.2 Å². The molecule has 1 aromatic heterocycles. The van der Waals surface area contributed by atoms with Gasteiger partial charge in [0.2, 0.25) is 0 Å². The summed E-state index contributed by atoms with van der Waals surface area (Å²) in [6, 6.07) is 8.30. The highest BCUT2D eigenvalue weighted by Crippen LogP contribution is 2.44. The maximum Gasteiger partial charge on any atom is 0.737 e. The van der Waals surface area contributed by atoms with Crippen LogP contribution < -0.4 is 0 Å². The zero-order chi connectivity index (χ0) is 19.7. The van der Waals surface area contributed by atoms with Crippen molar-refractivity contribution in [3.05, 3.63) is 75.8 Å². The molecule has 0 amide bonds. The number of benzene rings is 1. The van der Waals surface area contributed by atoms with Crippen LogP contribution in [-0.4, -0.2) is 32.7 Å². The molecule has 7 heteroatoms. The molecule has 0 saturated heterocycles. The van der Waals surface area contributed by atoms with Crippen molar-refractivity contribution in [3.63, 3.8) is 0 Å². The number of aromatic nitrogens is 1. The number of hydrogen-bond donors (Lipinski definition) is 1. The lowest BCUT2D eigenvalue weighted by atomic mass is 9.82. The Kier molecular flexibility index (Phi) is 3.57. The Bertz CT molecular complexity index is 1120. The topological polar surface area (TPSA) is 45.2 Å². The largest absolute Gasteiger partial charge is 0.737 e. The molecule has 0 fully saturated rings. The van der Waals surface area contributed by atoms with Gasteiger partial charge in [-0.2, -0.15) is 0 Å². The summed E-state index contributed by atoms with van der Waals surface area (Å²) in [5, 5.41) is 9.67. The quantitative estimate of drug-likeness (QED) is 0.807. The van der Waals surface area contributed by atoms with E-state index in [9.17, 15) is 9.90 Å². The zero-order valence-electron chi connectivity index (χ0n) is 15.5. The van der Waals surface area contributed by atoms with Gasteiger partial charge in [-0.1, -0.05) is 18.2 Å². The Hall–Kier alpha value is -2.96. The number of carbonyl (C=O) groups is 1. The highest BCUT2D eigenvalue weighted by atomic mass is 19.2. The summed E-state index contributed by atoms with van der Waals surface area (Å²) >= 11 is 0. The number of nitrogens with zero attached hydrogens (tertiary/aromatic N) is 2. The molecule has 4 nitrogen and oxygen atoms in total. The molecule has 0 radical (unpaired) electrons. The Morgan fingerprint density at radius 2 is 1.81 bits per heavy atom. The van der Waals surface area contributed by atoms with Crippen LogP contribution in [0.4, 0.5) is 8.63 Å². The second-order valence-electron chi connectivity index (χ2n) is 7.19. The molecule has 0 spiro atoms. The van der Waals surface area contributed by atoms with Gasteiger partial charge in [-0.3, -0.25) is 0 Å². The van der Waals surface area contributed by atoms with Crippen molar-refractivity contribution in [2.24, 2.45) is 0 Å². The molecule has 2 aromatic rings. The minimum atomic E-state index is -4.07. The molecule has 1 aromatic carbocycles. The summed E-state index contributed by atoms with van der Waals surface area (Å²) < 4.78 is 33.2. The zero-order valence-corrected chi connectivity index (χ0v) is 15.5. The Morgan fingerprint density at radius 1 is 1.15 bits per heavy atom. The molecule has 1 N–H and O–H groups in total. The van der Waals surface area contributed by atoms with E-state index in [0.717, 1.165) is 8.96 Å². The summed E-state index contributed by atoms with van der Waals surface area (Å²) in [5.74, 6) is -1.08. The van der Waals surface area contributed by atoms with Crippen molar-refractivity contribution < 1.29 is 23.0 Å². The molecule has 0 atom stereocenters. The number of aromatic carboxylic acids is 1. The number of halogens is 2. The van der Waals surface area contributed by atoms with Gasteiger partial charge in [-0.25, -0.2) is 4.79 Å². The molecule has 2 aliphatic rings. The van der Waals surface area contributed by atoms with Crippen LogP contribution in [0.15, 0.2) is 47.7 Å². The first-order valence-corrected chi connectivity index (χ1v) is 8.76. The third-order valence-corrected chi connectivity index (χ3v) is 5.36. The van der Waals surface area contributed by atoms with Crippen molar-refractivity contribution in [1.29, 1.82) is 0 Å². The third kappa shape index (κ3) is 2.20. The van der Waals surface area contributed by atoms with Gasteiger partial charge in [-0.15, -0.1) is 0 Å². The van der Waals surface area contributed by atoms with Gasteiger partial charge in [0, 0.05) is 29.8 Å². The van der Waals surface area contributed by atoms with Crippen LogP contribution in [0.3, 0.4) is 0 Å². The van der Waals surface area contributed by atoms with Crippen LogP contribution in [0.2, 0.25) is 0 Å². The van der Waals surface area contributed by atoms with E-state index in [1.54, 1.807) is 58.0 Å². The molecule has 3 heterocycles. The van der Waals surface area contributed by atoms with E-state index in [1.807, 2.05) is 0 Å². The number of carboxylic acids is 1. The SMILES string of the molecule is CC1=CC(C)=[N+]2C1=C(c1ccccc1C(=O)O)c1c(C)cc(C)n1[B-]2(F)F. The van der Waals surface area contributed by atoms with Gasteiger partial charge >= 0.3 is 12.9 Å². The number of allylic oxidation sites excluding steroid dienone is 2. The first kappa shape index (κ1) is 17.5. The second-order valence-corrected chi connectivity index (χ2v) is 7.19. The second kappa shape index (κ2) is 5.52. The predicted octanol–water partition coefficient (Wildman–Crippen LogP) is 4.23. The van der Waals surface area contributed by atoms with Crippen molar-refractivity contribution in [2.75, 3.05) is 0 Å². The fourth-order valence-corrected chi connectivity index (χ4v) is 4.44. The maximum absolute atomic E-state index is 15.5. The molecular formula is C20H19BF2N2O2. The average molecular weight is 368 g/mol. The normalized spacial score (nSPS) is 17.8. The molecule has 0 bridgehead atoms. The molecule has 27 heavy (non-hydrogen) atoms. The van der Waals surface area contributed by atoms with Gasteiger partial charge in [0.05, 0.1) is 11.1 Å². The van der Waals surface area contributed by atoms with Crippen LogP contribution in [0.1, 0.15) is 46.7 Å². The number of aryl methyl sites for hydroxylation is 2. The summed E-state index contributed by atoms with van der Waals surface area (Å²) in [6.45, 7) is 2.82. The summed E-state index contributed by atoms with van der Waals surface area (Å²) in [5.41, 5.74) is 4.17. The molecule has 0 saturated carbocycles.